The summed E-state index contributed by atoms with van der Waals surface area (Å²) in [6.07, 6.45) is 6.19. The molecule has 120 valence electrons. The number of halogens is 1. The summed E-state index contributed by atoms with van der Waals surface area (Å²) in [5, 5.41) is 0. The molecule has 1 aromatic heterocycles. The summed E-state index contributed by atoms with van der Waals surface area (Å²) >= 11 is 3.41. The molecule has 0 saturated carbocycles. The lowest BCUT2D eigenvalue weighted by molar-refractivity contribution is 0.0761. The van der Waals surface area contributed by atoms with Crippen LogP contribution in [-0.2, 0) is 0 Å². The maximum atomic E-state index is 12.5. The molecular formula is C18H19BrN2O2. The Morgan fingerprint density at radius 2 is 1.87 bits per heavy atom. The van der Waals surface area contributed by atoms with Crippen LogP contribution in [-0.4, -0.2) is 28.9 Å². The SMILES string of the molecule is O=C(c1ccc(Oc2cccc(Br)c2)nc1)N1CCCCCC1. The van der Waals surface area contributed by atoms with Gasteiger partial charge in [-0.1, -0.05) is 34.8 Å². The fourth-order valence-electron chi connectivity index (χ4n) is 2.67. The average Bonchev–Trinajstić information content (AvgIpc) is 2.84. The van der Waals surface area contributed by atoms with Gasteiger partial charge in [-0.25, -0.2) is 4.98 Å². The van der Waals surface area contributed by atoms with Crippen LogP contribution in [0, 0.1) is 0 Å². The minimum atomic E-state index is 0.0633. The second kappa shape index (κ2) is 7.59. The van der Waals surface area contributed by atoms with E-state index < -0.39 is 0 Å². The Labute approximate surface area is 144 Å². The first-order valence-electron chi connectivity index (χ1n) is 7.91. The first-order valence-corrected chi connectivity index (χ1v) is 8.70. The second-order valence-corrected chi connectivity index (χ2v) is 6.57. The lowest BCUT2D eigenvalue weighted by Gasteiger charge is -2.20. The summed E-state index contributed by atoms with van der Waals surface area (Å²) in [4.78, 5) is 18.7. The first kappa shape index (κ1) is 16.0. The summed E-state index contributed by atoms with van der Waals surface area (Å²) in [6, 6.07) is 11.1. The Balaban J connectivity index is 1.67. The second-order valence-electron chi connectivity index (χ2n) is 5.65. The predicted octanol–water partition coefficient (Wildman–Crippen LogP) is 4.65. The first-order chi connectivity index (χ1) is 11.2. The molecule has 0 unspecified atom stereocenters. The van der Waals surface area contributed by atoms with Gasteiger partial charge < -0.3 is 9.64 Å². The molecular weight excluding hydrogens is 356 g/mol. The zero-order chi connectivity index (χ0) is 16.1. The molecule has 0 radical (unpaired) electrons. The van der Waals surface area contributed by atoms with Gasteiger partial charge >= 0.3 is 0 Å². The number of rotatable bonds is 3. The van der Waals surface area contributed by atoms with Crippen LogP contribution in [0.5, 0.6) is 11.6 Å². The molecule has 1 aliphatic rings. The molecule has 1 amide bonds. The highest BCUT2D eigenvalue weighted by molar-refractivity contribution is 9.10. The van der Waals surface area contributed by atoms with E-state index in [1.165, 1.54) is 12.8 Å². The highest BCUT2D eigenvalue weighted by Gasteiger charge is 2.17. The number of carbonyl (C=O) groups excluding carboxylic acids is 1. The summed E-state index contributed by atoms with van der Waals surface area (Å²) in [5.41, 5.74) is 0.619. The number of pyridine rings is 1. The topological polar surface area (TPSA) is 42.4 Å². The van der Waals surface area contributed by atoms with Gasteiger partial charge in [-0.15, -0.1) is 0 Å². The molecule has 1 aromatic carbocycles. The van der Waals surface area contributed by atoms with Crippen molar-refractivity contribution in [3.05, 3.63) is 52.6 Å². The molecule has 0 bridgehead atoms. The number of aromatic nitrogens is 1. The molecule has 4 nitrogen and oxygen atoms in total. The number of ether oxygens (including phenoxy) is 1. The van der Waals surface area contributed by atoms with Crippen molar-refractivity contribution in [2.24, 2.45) is 0 Å². The van der Waals surface area contributed by atoms with Gasteiger partial charge in [-0.2, -0.15) is 0 Å². The van der Waals surface area contributed by atoms with Crippen molar-refractivity contribution in [1.29, 1.82) is 0 Å². The zero-order valence-corrected chi connectivity index (χ0v) is 14.5. The highest BCUT2D eigenvalue weighted by atomic mass is 79.9. The van der Waals surface area contributed by atoms with E-state index in [0.29, 0.717) is 17.2 Å². The Kier molecular flexibility index (Phi) is 5.28. The number of nitrogens with zero attached hydrogens (tertiary/aromatic N) is 2. The van der Waals surface area contributed by atoms with E-state index in [1.54, 1.807) is 18.3 Å². The van der Waals surface area contributed by atoms with Crippen LogP contribution in [0.15, 0.2) is 47.1 Å². The number of amides is 1. The quantitative estimate of drug-likeness (QED) is 0.784. The number of carbonyl (C=O) groups is 1. The molecule has 3 rings (SSSR count). The standard InChI is InChI=1S/C18H19BrN2O2/c19-15-6-5-7-16(12-15)23-17-9-8-14(13-20-17)18(22)21-10-3-1-2-4-11-21/h5-9,12-13H,1-4,10-11H2. The Morgan fingerprint density at radius 3 is 2.52 bits per heavy atom. The fourth-order valence-corrected chi connectivity index (χ4v) is 3.05. The third-order valence-electron chi connectivity index (χ3n) is 3.90. The minimum absolute atomic E-state index is 0.0633. The number of hydrogen-bond acceptors (Lipinski definition) is 3. The van der Waals surface area contributed by atoms with Crippen molar-refractivity contribution in [1.82, 2.24) is 9.88 Å². The van der Waals surface area contributed by atoms with Crippen LogP contribution in [0.1, 0.15) is 36.0 Å². The Bertz CT molecular complexity index is 665. The Hall–Kier alpha value is -1.88. The van der Waals surface area contributed by atoms with Crippen LogP contribution in [0.3, 0.4) is 0 Å². The molecule has 2 heterocycles. The van der Waals surface area contributed by atoms with Gasteiger partial charge in [0, 0.05) is 29.8 Å². The van der Waals surface area contributed by atoms with Crippen molar-refractivity contribution in [3.8, 4) is 11.6 Å². The number of likely N-dealkylation sites (tertiary alicyclic amines) is 1. The smallest absolute Gasteiger partial charge is 0.255 e. The van der Waals surface area contributed by atoms with Crippen LogP contribution in [0.4, 0.5) is 0 Å². The van der Waals surface area contributed by atoms with E-state index in [9.17, 15) is 4.79 Å². The van der Waals surface area contributed by atoms with Crippen molar-refractivity contribution >= 4 is 21.8 Å². The molecule has 0 aliphatic carbocycles. The summed E-state index contributed by atoms with van der Waals surface area (Å²) < 4.78 is 6.64. The van der Waals surface area contributed by atoms with Gasteiger partial charge in [0.2, 0.25) is 5.88 Å². The largest absolute Gasteiger partial charge is 0.439 e. The van der Waals surface area contributed by atoms with Crippen molar-refractivity contribution in [2.75, 3.05) is 13.1 Å². The third-order valence-corrected chi connectivity index (χ3v) is 4.39. The summed E-state index contributed by atoms with van der Waals surface area (Å²) in [6.45, 7) is 1.68. The van der Waals surface area contributed by atoms with Gasteiger partial charge in [-0.3, -0.25) is 4.79 Å². The molecule has 0 spiro atoms. The zero-order valence-electron chi connectivity index (χ0n) is 12.9. The molecule has 2 aromatic rings. The third kappa shape index (κ3) is 4.32. The normalized spacial score (nSPS) is 15.1. The molecule has 0 N–H and O–H groups in total. The van der Waals surface area contributed by atoms with E-state index >= 15 is 0 Å². The van der Waals surface area contributed by atoms with Crippen molar-refractivity contribution in [3.63, 3.8) is 0 Å². The molecule has 1 saturated heterocycles. The summed E-state index contributed by atoms with van der Waals surface area (Å²) in [5.74, 6) is 1.25. The fraction of sp³-hybridized carbons (Fsp3) is 0.333. The maximum Gasteiger partial charge on any atom is 0.255 e. The van der Waals surface area contributed by atoms with Gasteiger partial charge in [0.1, 0.15) is 5.75 Å². The Morgan fingerprint density at radius 1 is 1.09 bits per heavy atom. The number of benzene rings is 1. The minimum Gasteiger partial charge on any atom is -0.439 e. The van der Waals surface area contributed by atoms with Crippen LogP contribution < -0.4 is 4.74 Å². The van der Waals surface area contributed by atoms with Gasteiger partial charge in [0.15, 0.2) is 0 Å². The van der Waals surface area contributed by atoms with Crippen molar-refractivity contribution < 1.29 is 9.53 Å². The monoisotopic (exact) mass is 374 g/mol. The molecule has 23 heavy (non-hydrogen) atoms. The van der Waals surface area contributed by atoms with E-state index in [1.807, 2.05) is 29.2 Å². The van der Waals surface area contributed by atoms with Gasteiger partial charge in [0.25, 0.3) is 5.91 Å². The predicted molar refractivity (Wildman–Crippen MR) is 92.8 cm³/mol. The van der Waals surface area contributed by atoms with Crippen LogP contribution in [0.25, 0.3) is 0 Å². The maximum absolute atomic E-state index is 12.5. The van der Waals surface area contributed by atoms with E-state index in [0.717, 1.165) is 30.4 Å². The van der Waals surface area contributed by atoms with E-state index in [2.05, 4.69) is 20.9 Å². The van der Waals surface area contributed by atoms with E-state index in [4.69, 9.17) is 4.74 Å². The lowest BCUT2D eigenvalue weighted by atomic mass is 10.2. The molecule has 0 atom stereocenters. The van der Waals surface area contributed by atoms with Gasteiger partial charge in [0.05, 0.1) is 5.56 Å². The van der Waals surface area contributed by atoms with Crippen molar-refractivity contribution in [2.45, 2.75) is 25.7 Å². The van der Waals surface area contributed by atoms with Gasteiger partial charge in [-0.05, 0) is 37.1 Å². The molecule has 5 heteroatoms. The van der Waals surface area contributed by atoms with Crippen LogP contribution in [0.2, 0.25) is 0 Å². The molecule has 1 fully saturated rings. The van der Waals surface area contributed by atoms with Crippen LogP contribution >= 0.6 is 15.9 Å². The average molecular weight is 375 g/mol. The van der Waals surface area contributed by atoms with E-state index in [-0.39, 0.29) is 5.91 Å². The lowest BCUT2D eigenvalue weighted by Crippen LogP contribution is -2.31. The number of hydrogen-bond donors (Lipinski definition) is 0. The highest BCUT2D eigenvalue weighted by Crippen LogP contribution is 2.23. The summed E-state index contributed by atoms with van der Waals surface area (Å²) in [7, 11) is 0. The molecule has 1 aliphatic heterocycles.